The lowest BCUT2D eigenvalue weighted by Gasteiger charge is -2.49. The van der Waals surface area contributed by atoms with Gasteiger partial charge in [-0.3, -0.25) is 4.90 Å². The van der Waals surface area contributed by atoms with E-state index in [0.717, 1.165) is 6.61 Å². The highest BCUT2D eigenvalue weighted by Gasteiger charge is 2.39. The average Bonchev–Trinajstić information content (AvgIpc) is 2.15. The maximum Gasteiger partial charge on any atom is 0.123 e. The Morgan fingerprint density at radius 1 is 1.08 bits per heavy atom. The molecule has 2 aliphatic heterocycles. The third-order valence-corrected chi connectivity index (χ3v) is 3.47. The SMILES string of the molecule is CN1CCC2(CC1)OCCCN2C. The van der Waals surface area contributed by atoms with Gasteiger partial charge >= 0.3 is 0 Å². The van der Waals surface area contributed by atoms with Crippen molar-refractivity contribution in [3.8, 4) is 0 Å². The van der Waals surface area contributed by atoms with E-state index in [9.17, 15) is 0 Å². The number of hydrogen-bond donors (Lipinski definition) is 0. The van der Waals surface area contributed by atoms with E-state index < -0.39 is 0 Å². The van der Waals surface area contributed by atoms with Gasteiger partial charge < -0.3 is 9.64 Å². The van der Waals surface area contributed by atoms with Crippen molar-refractivity contribution in [3.63, 3.8) is 0 Å². The van der Waals surface area contributed by atoms with E-state index in [0.29, 0.717) is 0 Å². The molecule has 2 aliphatic rings. The third-order valence-electron chi connectivity index (χ3n) is 3.47. The van der Waals surface area contributed by atoms with Crippen LogP contribution in [0.15, 0.2) is 0 Å². The molecule has 0 aliphatic carbocycles. The van der Waals surface area contributed by atoms with Gasteiger partial charge in [0.05, 0.1) is 6.61 Å². The monoisotopic (exact) mass is 184 g/mol. The second-order valence-electron chi connectivity index (χ2n) is 4.37. The zero-order valence-electron chi connectivity index (χ0n) is 8.75. The van der Waals surface area contributed by atoms with Crippen molar-refractivity contribution in [3.05, 3.63) is 0 Å². The molecule has 0 radical (unpaired) electrons. The van der Waals surface area contributed by atoms with Crippen LogP contribution < -0.4 is 0 Å². The van der Waals surface area contributed by atoms with Crippen molar-refractivity contribution in [2.24, 2.45) is 0 Å². The van der Waals surface area contributed by atoms with Crippen LogP contribution in [-0.4, -0.2) is 55.9 Å². The van der Waals surface area contributed by atoms with Gasteiger partial charge in [0.15, 0.2) is 0 Å². The summed E-state index contributed by atoms with van der Waals surface area (Å²) in [6.07, 6.45) is 3.52. The smallest absolute Gasteiger partial charge is 0.123 e. The van der Waals surface area contributed by atoms with Gasteiger partial charge in [0.25, 0.3) is 0 Å². The Morgan fingerprint density at radius 2 is 1.77 bits per heavy atom. The zero-order chi connectivity index (χ0) is 9.31. The number of hydrogen-bond acceptors (Lipinski definition) is 3. The maximum absolute atomic E-state index is 5.97. The molecule has 0 bridgehead atoms. The highest BCUT2D eigenvalue weighted by atomic mass is 16.5. The van der Waals surface area contributed by atoms with Crippen LogP contribution in [0.4, 0.5) is 0 Å². The Morgan fingerprint density at radius 3 is 2.38 bits per heavy atom. The Hall–Kier alpha value is -0.120. The summed E-state index contributed by atoms with van der Waals surface area (Å²) < 4.78 is 5.97. The van der Waals surface area contributed by atoms with Gasteiger partial charge in [-0.2, -0.15) is 0 Å². The summed E-state index contributed by atoms with van der Waals surface area (Å²) in [4.78, 5) is 4.79. The Bertz CT molecular complexity index is 176. The molecule has 0 N–H and O–H groups in total. The van der Waals surface area contributed by atoms with Gasteiger partial charge in [-0.15, -0.1) is 0 Å². The highest BCUT2D eigenvalue weighted by Crippen LogP contribution is 2.31. The molecule has 3 heteroatoms. The summed E-state index contributed by atoms with van der Waals surface area (Å²) in [6.45, 7) is 4.49. The molecule has 0 saturated carbocycles. The lowest BCUT2D eigenvalue weighted by Crippen LogP contribution is -2.57. The first-order valence-corrected chi connectivity index (χ1v) is 5.27. The fraction of sp³-hybridized carbons (Fsp3) is 1.00. The van der Waals surface area contributed by atoms with E-state index >= 15 is 0 Å². The second-order valence-corrected chi connectivity index (χ2v) is 4.37. The lowest BCUT2D eigenvalue weighted by molar-refractivity contribution is -0.198. The van der Waals surface area contributed by atoms with Crippen LogP contribution in [0.25, 0.3) is 0 Å². The zero-order valence-corrected chi connectivity index (χ0v) is 8.75. The van der Waals surface area contributed by atoms with Crippen LogP contribution >= 0.6 is 0 Å². The minimum atomic E-state index is 0.0881. The molecule has 0 atom stereocenters. The minimum Gasteiger partial charge on any atom is -0.360 e. The van der Waals surface area contributed by atoms with Crippen molar-refractivity contribution >= 4 is 0 Å². The molecule has 2 rings (SSSR count). The summed E-state index contributed by atoms with van der Waals surface area (Å²) >= 11 is 0. The van der Waals surface area contributed by atoms with Crippen LogP contribution in [0.2, 0.25) is 0 Å². The van der Waals surface area contributed by atoms with Crippen LogP contribution in [-0.2, 0) is 4.74 Å². The molecule has 76 valence electrons. The van der Waals surface area contributed by atoms with Gasteiger partial charge in [0.1, 0.15) is 5.72 Å². The van der Waals surface area contributed by atoms with E-state index in [1.54, 1.807) is 0 Å². The molecular formula is C10H20N2O. The standard InChI is InChI=1S/C10H20N2O/c1-11-7-4-10(5-8-11)12(2)6-3-9-13-10/h3-9H2,1-2H3. The second kappa shape index (κ2) is 3.56. The highest BCUT2D eigenvalue weighted by molar-refractivity contribution is 4.87. The Labute approximate surface area is 80.6 Å². The van der Waals surface area contributed by atoms with Crippen molar-refractivity contribution in [1.82, 2.24) is 9.80 Å². The van der Waals surface area contributed by atoms with E-state index in [-0.39, 0.29) is 5.72 Å². The first kappa shape index (κ1) is 9.44. The van der Waals surface area contributed by atoms with E-state index in [1.807, 2.05) is 0 Å². The summed E-state index contributed by atoms with van der Waals surface area (Å²) in [5, 5.41) is 0. The maximum atomic E-state index is 5.97. The van der Waals surface area contributed by atoms with Crippen molar-refractivity contribution < 1.29 is 4.74 Å². The molecule has 0 amide bonds. The van der Waals surface area contributed by atoms with Crippen LogP contribution in [0.5, 0.6) is 0 Å². The minimum absolute atomic E-state index is 0.0881. The van der Waals surface area contributed by atoms with Crippen LogP contribution in [0.1, 0.15) is 19.3 Å². The van der Waals surface area contributed by atoms with Gasteiger partial charge in [0.2, 0.25) is 0 Å². The molecule has 0 unspecified atom stereocenters. The fourth-order valence-corrected chi connectivity index (χ4v) is 2.37. The molecular weight excluding hydrogens is 164 g/mol. The van der Waals surface area contributed by atoms with Gasteiger partial charge in [-0.1, -0.05) is 0 Å². The number of piperidine rings is 1. The van der Waals surface area contributed by atoms with Crippen LogP contribution in [0, 0.1) is 0 Å². The molecule has 2 fully saturated rings. The molecule has 13 heavy (non-hydrogen) atoms. The van der Waals surface area contributed by atoms with Gasteiger partial charge in [0, 0.05) is 32.5 Å². The molecule has 0 aromatic heterocycles. The predicted octanol–water partition coefficient (Wildman–Crippen LogP) is 0.760. The number of ether oxygens (including phenoxy) is 1. The summed E-state index contributed by atoms with van der Waals surface area (Å²) in [7, 11) is 4.39. The molecule has 3 nitrogen and oxygen atoms in total. The van der Waals surface area contributed by atoms with Crippen molar-refractivity contribution in [2.45, 2.75) is 25.0 Å². The first-order chi connectivity index (χ1) is 6.23. The number of rotatable bonds is 0. The first-order valence-electron chi connectivity index (χ1n) is 5.27. The topological polar surface area (TPSA) is 15.7 Å². The van der Waals surface area contributed by atoms with Gasteiger partial charge in [-0.05, 0) is 20.5 Å². The van der Waals surface area contributed by atoms with Gasteiger partial charge in [-0.25, -0.2) is 0 Å². The van der Waals surface area contributed by atoms with E-state index in [2.05, 4.69) is 23.9 Å². The molecule has 0 aromatic rings. The van der Waals surface area contributed by atoms with Crippen molar-refractivity contribution in [1.29, 1.82) is 0 Å². The molecule has 0 aromatic carbocycles. The largest absolute Gasteiger partial charge is 0.360 e. The predicted molar refractivity (Wildman–Crippen MR) is 52.7 cm³/mol. The fourth-order valence-electron chi connectivity index (χ4n) is 2.37. The summed E-state index contributed by atoms with van der Waals surface area (Å²) in [5.41, 5.74) is 0.0881. The Kier molecular flexibility index (Phi) is 2.58. The Balaban J connectivity index is 2.01. The van der Waals surface area contributed by atoms with Crippen LogP contribution in [0.3, 0.4) is 0 Å². The normalized spacial score (nSPS) is 30.9. The van der Waals surface area contributed by atoms with E-state index in [4.69, 9.17) is 4.74 Å². The number of likely N-dealkylation sites (tertiary alicyclic amines) is 1. The third kappa shape index (κ3) is 1.73. The molecule has 1 spiro atoms. The quantitative estimate of drug-likeness (QED) is 0.553. The molecule has 2 heterocycles. The summed E-state index contributed by atoms with van der Waals surface area (Å²) in [6, 6.07) is 0. The van der Waals surface area contributed by atoms with Crippen molar-refractivity contribution in [2.75, 3.05) is 40.3 Å². The van der Waals surface area contributed by atoms with E-state index in [1.165, 1.54) is 38.9 Å². The molecule has 2 saturated heterocycles. The lowest BCUT2D eigenvalue weighted by atomic mass is 9.97. The average molecular weight is 184 g/mol. The number of nitrogens with zero attached hydrogens (tertiary/aromatic N) is 2. The summed E-state index contributed by atoms with van der Waals surface area (Å²) in [5.74, 6) is 0.